The van der Waals surface area contributed by atoms with Crippen molar-refractivity contribution in [2.75, 3.05) is 5.75 Å². The van der Waals surface area contributed by atoms with Crippen LogP contribution in [0.25, 0.3) is 0 Å². The Labute approximate surface area is 92.3 Å². The van der Waals surface area contributed by atoms with Crippen molar-refractivity contribution in [3.8, 4) is 0 Å². The van der Waals surface area contributed by atoms with Gasteiger partial charge in [0.1, 0.15) is 0 Å². The van der Waals surface area contributed by atoms with Crippen LogP contribution in [0, 0.1) is 0 Å². The van der Waals surface area contributed by atoms with Crippen molar-refractivity contribution in [3.05, 3.63) is 0 Å². The van der Waals surface area contributed by atoms with Gasteiger partial charge >= 0.3 is 0 Å². The van der Waals surface area contributed by atoms with Crippen LogP contribution in [-0.2, 0) is 9.84 Å². The van der Waals surface area contributed by atoms with Crippen LogP contribution in [0.3, 0.4) is 0 Å². The van der Waals surface area contributed by atoms with E-state index in [1.54, 1.807) is 0 Å². The molecule has 0 spiro atoms. The van der Waals surface area contributed by atoms with Crippen molar-refractivity contribution in [1.29, 1.82) is 0 Å². The van der Waals surface area contributed by atoms with E-state index in [0.29, 0.717) is 6.42 Å². The molecule has 0 aromatic rings. The minimum absolute atomic E-state index is 0.0350. The van der Waals surface area contributed by atoms with E-state index in [0.717, 1.165) is 12.1 Å². The predicted molar refractivity (Wildman–Crippen MR) is 62.9 cm³/mol. The normalized spacial score (nSPS) is 15.8. The van der Waals surface area contributed by atoms with Crippen molar-refractivity contribution >= 4 is 15.5 Å². The fraction of sp³-hybridized carbons (Fsp3) is 0.900. The number of nitrogens with zero attached hydrogens (tertiary/aromatic N) is 1. The quantitative estimate of drug-likeness (QED) is 0.707. The molecule has 15 heavy (non-hydrogen) atoms. The Bertz CT molecular complexity index is 303. The van der Waals surface area contributed by atoms with E-state index < -0.39 is 15.3 Å². The SMILES string of the molecule is CC(C)=NC(C)CCCS(=O)(=O)C(C)O. The summed E-state index contributed by atoms with van der Waals surface area (Å²) in [6.45, 7) is 7.08. The summed E-state index contributed by atoms with van der Waals surface area (Å²) in [6.07, 6.45) is 1.28. The highest BCUT2D eigenvalue weighted by atomic mass is 32.2. The van der Waals surface area contributed by atoms with Gasteiger partial charge in [0.25, 0.3) is 0 Å². The second-order valence-corrected chi connectivity index (χ2v) is 6.45. The molecule has 4 nitrogen and oxygen atoms in total. The maximum Gasteiger partial charge on any atom is 0.176 e. The summed E-state index contributed by atoms with van der Waals surface area (Å²) in [7, 11) is -3.32. The van der Waals surface area contributed by atoms with Crippen LogP contribution in [0.2, 0.25) is 0 Å². The summed E-state index contributed by atoms with van der Waals surface area (Å²) >= 11 is 0. The second-order valence-electron chi connectivity index (χ2n) is 4.03. The molecule has 0 aliphatic carbocycles. The molecule has 0 heterocycles. The number of aliphatic hydroxyl groups excluding tert-OH is 1. The van der Waals surface area contributed by atoms with Crippen molar-refractivity contribution in [3.63, 3.8) is 0 Å². The first-order chi connectivity index (χ1) is 6.75. The number of aliphatic imine (C=N–C) groups is 1. The molecule has 5 heteroatoms. The Morgan fingerprint density at radius 2 is 1.87 bits per heavy atom. The standard InChI is InChI=1S/C10H21NO3S/c1-8(2)11-9(3)6-5-7-15(13,14)10(4)12/h9-10,12H,5-7H2,1-4H3. The van der Waals surface area contributed by atoms with Crippen molar-refractivity contribution < 1.29 is 13.5 Å². The zero-order valence-electron chi connectivity index (χ0n) is 9.90. The van der Waals surface area contributed by atoms with E-state index in [9.17, 15) is 8.42 Å². The van der Waals surface area contributed by atoms with Crippen LogP contribution < -0.4 is 0 Å². The van der Waals surface area contributed by atoms with Gasteiger partial charge < -0.3 is 5.11 Å². The molecule has 1 N–H and O–H groups in total. The van der Waals surface area contributed by atoms with Gasteiger partial charge in [0.05, 0.1) is 5.75 Å². The summed E-state index contributed by atoms with van der Waals surface area (Å²) in [5.74, 6) is 0.0350. The van der Waals surface area contributed by atoms with Crippen LogP contribution >= 0.6 is 0 Å². The molecule has 90 valence electrons. The highest BCUT2D eigenvalue weighted by molar-refractivity contribution is 7.91. The minimum Gasteiger partial charge on any atom is -0.377 e. The largest absolute Gasteiger partial charge is 0.377 e. The van der Waals surface area contributed by atoms with Crippen molar-refractivity contribution in [2.24, 2.45) is 4.99 Å². The van der Waals surface area contributed by atoms with E-state index in [-0.39, 0.29) is 11.8 Å². The summed E-state index contributed by atoms with van der Waals surface area (Å²) in [5.41, 5.74) is -0.259. The van der Waals surface area contributed by atoms with Gasteiger partial charge in [-0.3, -0.25) is 4.99 Å². The summed E-state index contributed by atoms with van der Waals surface area (Å²) in [5, 5.41) is 8.98. The molecule has 2 atom stereocenters. The lowest BCUT2D eigenvalue weighted by Gasteiger charge is -2.09. The highest BCUT2D eigenvalue weighted by Crippen LogP contribution is 2.07. The second kappa shape index (κ2) is 6.23. The highest BCUT2D eigenvalue weighted by Gasteiger charge is 2.17. The topological polar surface area (TPSA) is 66.7 Å². The number of hydrogen-bond donors (Lipinski definition) is 1. The zero-order valence-corrected chi connectivity index (χ0v) is 10.7. The molecule has 0 aliphatic rings. The molecule has 0 fully saturated rings. The fourth-order valence-corrected chi connectivity index (χ4v) is 2.17. The Morgan fingerprint density at radius 3 is 2.27 bits per heavy atom. The first kappa shape index (κ1) is 14.6. The van der Waals surface area contributed by atoms with Crippen LogP contribution in [0.4, 0.5) is 0 Å². The third-order valence-corrected chi connectivity index (χ3v) is 3.95. The average Bonchev–Trinajstić information content (AvgIpc) is 2.01. The van der Waals surface area contributed by atoms with Crippen LogP contribution in [-0.4, -0.2) is 36.5 Å². The van der Waals surface area contributed by atoms with E-state index in [2.05, 4.69) is 4.99 Å². The molecule has 0 amide bonds. The molecule has 0 rings (SSSR count). The summed E-state index contributed by atoms with van der Waals surface area (Å²) in [6, 6.07) is 0.152. The number of hydrogen-bond acceptors (Lipinski definition) is 4. The minimum atomic E-state index is -3.32. The molecular formula is C10H21NO3S. The Morgan fingerprint density at radius 1 is 1.33 bits per heavy atom. The molecule has 2 unspecified atom stereocenters. The van der Waals surface area contributed by atoms with Gasteiger partial charge in [0.15, 0.2) is 15.3 Å². The first-order valence-corrected chi connectivity index (χ1v) is 6.88. The van der Waals surface area contributed by atoms with E-state index in [4.69, 9.17) is 5.11 Å². The first-order valence-electron chi connectivity index (χ1n) is 5.16. The molecule has 0 bridgehead atoms. The monoisotopic (exact) mass is 235 g/mol. The van der Waals surface area contributed by atoms with E-state index in [1.165, 1.54) is 6.92 Å². The third-order valence-electron chi connectivity index (χ3n) is 2.05. The molecule has 0 radical (unpaired) electrons. The van der Waals surface area contributed by atoms with Gasteiger partial charge in [-0.2, -0.15) is 0 Å². The van der Waals surface area contributed by atoms with Gasteiger partial charge in [0.2, 0.25) is 0 Å². The Hall–Kier alpha value is -0.420. The lowest BCUT2D eigenvalue weighted by atomic mass is 10.2. The van der Waals surface area contributed by atoms with Gasteiger partial charge in [-0.05, 0) is 40.5 Å². The van der Waals surface area contributed by atoms with Crippen molar-refractivity contribution in [2.45, 2.75) is 52.0 Å². The summed E-state index contributed by atoms with van der Waals surface area (Å²) in [4.78, 5) is 4.30. The molecule has 0 aliphatic heterocycles. The van der Waals surface area contributed by atoms with Gasteiger partial charge in [-0.15, -0.1) is 0 Å². The van der Waals surface area contributed by atoms with E-state index >= 15 is 0 Å². The molecule has 0 saturated carbocycles. The van der Waals surface area contributed by atoms with Crippen LogP contribution in [0.1, 0.15) is 40.5 Å². The van der Waals surface area contributed by atoms with Crippen LogP contribution in [0.5, 0.6) is 0 Å². The van der Waals surface area contributed by atoms with Gasteiger partial charge in [0, 0.05) is 11.8 Å². The third kappa shape index (κ3) is 6.62. The Balaban J connectivity index is 3.96. The Kier molecular flexibility index (Phi) is 6.05. The molecule has 0 saturated heterocycles. The maximum absolute atomic E-state index is 11.2. The van der Waals surface area contributed by atoms with Crippen LogP contribution in [0.15, 0.2) is 4.99 Å². The molecular weight excluding hydrogens is 214 g/mol. The lowest BCUT2D eigenvalue weighted by Crippen LogP contribution is -2.20. The fourth-order valence-electron chi connectivity index (χ4n) is 1.26. The van der Waals surface area contributed by atoms with E-state index in [1.807, 2.05) is 20.8 Å². The van der Waals surface area contributed by atoms with Gasteiger partial charge in [-0.1, -0.05) is 0 Å². The average molecular weight is 235 g/mol. The molecule has 0 aromatic heterocycles. The van der Waals surface area contributed by atoms with Crippen molar-refractivity contribution in [1.82, 2.24) is 0 Å². The molecule has 0 aromatic carbocycles. The predicted octanol–water partition coefficient (Wildman–Crippen LogP) is 1.39. The smallest absolute Gasteiger partial charge is 0.176 e. The summed E-state index contributed by atoms with van der Waals surface area (Å²) < 4.78 is 22.5. The number of sulfone groups is 1. The lowest BCUT2D eigenvalue weighted by molar-refractivity contribution is 0.268. The number of aliphatic hydroxyl groups is 1. The van der Waals surface area contributed by atoms with Gasteiger partial charge in [-0.25, -0.2) is 8.42 Å². The number of rotatable bonds is 6. The zero-order chi connectivity index (χ0) is 12.1. The maximum atomic E-state index is 11.2.